The Bertz CT molecular complexity index is 1850. The molecule has 0 fully saturated rings. The topological polar surface area (TPSA) is 123 Å². The van der Waals surface area contributed by atoms with E-state index in [2.05, 4.69) is 15.3 Å². The van der Waals surface area contributed by atoms with Gasteiger partial charge >= 0.3 is 18.2 Å². The maximum atomic E-state index is 12.9. The molecule has 0 spiro atoms. The average molecular weight is 575 g/mol. The highest BCUT2D eigenvalue weighted by Crippen LogP contribution is 2.29. The van der Waals surface area contributed by atoms with Crippen molar-refractivity contribution in [3.63, 3.8) is 0 Å². The van der Waals surface area contributed by atoms with Gasteiger partial charge in [-0.15, -0.1) is 0 Å². The molecular weight excluding hydrogens is 553 g/mol. The van der Waals surface area contributed by atoms with E-state index in [4.69, 9.17) is 9.84 Å². The molecule has 2 N–H and O–H groups in total. The molecule has 0 aliphatic heterocycles. The minimum Gasteiger partial charge on any atom is -0.478 e. The third-order valence-corrected chi connectivity index (χ3v) is 6.35. The van der Waals surface area contributed by atoms with E-state index in [1.807, 2.05) is 0 Å². The van der Waals surface area contributed by atoms with Crippen LogP contribution in [-0.2, 0) is 12.7 Å². The number of benzene rings is 3. The second-order valence-electron chi connectivity index (χ2n) is 9.19. The van der Waals surface area contributed by atoms with E-state index in [1.165, 1.54) is 59.2 Å². The molecular formula is C30H21F3N4O5. The number of carboxylic acids is 1. The van der Waals surface area contributed by atoms with Gasteiger partial charge in [0.15, 0.2) is 5.65 Å². The Labute approximate surface area is 235 Å². The van der Waals surface area contributed by atoms with Gasteiger partial charge in [0.1, 0.15) is 5.75 Å². The van der Waals surface area contributed by atoms with Crippen LogP contribution < -0.4 is 15.6 Å². The highest BCUT2D eigenvalue weighted by Gasteiger charge is 2.29. The van der Waals surface area contributed by atoms with Crippen LogP contribution in [0.2, 0.25) is 0 Å². The molecule has 5 aromatic rings. The van der Waals surface area contributed by atoms with Crippen LogP contribution in [0.5, 0.6) is 11.8 Å². The quantitative estimate of drug-likeness (QED) is 0.262. The van der Waals surface area contributed by atoms with Crippen molar-refractivity contribution in [3.05, 3.63) is 123 Å². The summed E-state index contributed by atoms with van der Waals surface area (Å²) in [6.07, 6.45) is -4.44. The molecule has 0 unspecified atom stereocenters. The summed E-state index contributed by atoms with van der Waals surface area (Å²) in [5, 5.41) is 12.3. The lowest BCUT2D eigenvalue weighted by Gasteiger charge is -2.13. The van der Waals surface area contributed by atoms with Gasteiger partial charge in [0.05, 0.1) is 22.5 Å². The molecule has 5 rings (SSSR count). The lowest BCUT2D eigenvalue weighted by atomic mass is 10.1. The number of nitrogens with zero attached hydrogens (tertiary/aromatic N) is 3. The normalized spacial score (nSPS) is 11.3. The zero-order valence-electron chi connectivity index (χ0n) is 21.8. The molecule has 2 heterocycles. The van der Waals surface area contributed by atoms with Gasteiger partial charge in [0.25, 0.3) is 11.5 Å². The first-order valence-electron chi connectivity index (χ1n) is 12.5. The predicted molar refractivity (Wildman–Crippen MR) is 146 cm³/mol. The molecule has 212 valence electrons. The highest BCUT2D eigenvalue weighted by molar-refractivity contribution is 5.94. The fourth-order valence-electron chi connectivity index (χ4n) is 4.16. The molecule has 0 radical (unpaired) electrons. The average Bonchev–Trinajstić information content (AvgIpc) is 2.96. The number of carbonyl (C=O) groups excluding carboxylic acids is 1. The second kappa shape index (κ2) is 11.2. The third kappa shape index (κ3) is 5.97. The zero-order chi connectivity index (χ0) is 30.0. The number of rotatable bonds is 7. The standard InChI is InChI=1S/C30H21F3N4O5/c1-17-24-14-15-25(38)37(26(24)36-29(35-17)42-23-12-6-20(7-13-23)28(40)41)22-10-4-19(5-11-22)27(39)34-16-18-2-8-21(9-3-18)30(31,32)33/h2-15H,16H2,1H3,(H,34,39)(H,40,41). The molecule has 0 saturated heterocycles. The summed E-state index contributed by atoms with van der Waals surface area (Å²) in [6.45, 7) is 1.75. The first-order chi connectivity index (χ1) is 20.0. The number of carbonyl (C=O) groups is 2. The van der Waals surface area contributed by atoms with Gasteiger partial charge < -0.3 is 15.2 Å². The van der Waals surface area contributed by atoms with Crippen LogP contribution in [0.1, 0.15) is 37.5 Å². The van der Waals surface area contributed by atoms with E-state index in [0.717, 1.165) is 12.1 Å². The van der Waals surface area contributed by atoms with Crippen molar-refractivity contribution >= 4 is 22.9 Å². The maximum Gasteiger partial charge on any atom is 0.416 e. The number of hydrogen-bond donors (Lipinski definition) is 2. The summed E-state index contributed by atoms with van der Waals surface area (Å²) >= 11 is 0. The van der Waals surface area contributed by atoms with Crippen molar-refractivity contribution in [1.82, 2.24) is 19.9 Å². The minimum absolute atomic E-state index is 0.0273. The molecule has 0 saturated carbocycles. The summed E-state index contributed by atoms with van der Waals surface area (Å²) in [7, 11) is 0. The molecule has 0 aliphatic carbocycles. The number of amides is 1. The summed E-state index contributed by atoms with van der Waals surface area (Å²) in [6, 6.07) is 19.3. The van der Waals surface area contributed by atoms with Gasteiger partial charge in [-0.05, 0) is 79.2 Å². The maximum absolute atomic E-state index is 12.9. The number of aromatic nitrogens is 3. The SMILES string of the molecule is Cc1nc(Oc2ccc(C(=O)O)cc2)nc2c1ccc(=O)n2-c1ccc(C(=O)NCc2ccc(C(F)(F)F)cc2)cc1. The van der Waals surface area contributed by atoms with Gasteiger partial charge in [-0.1, -0.05) is 12.1 Å². The number of carboxylic acid groups (broad SMARTS) is 1. The number of aromatic carboxylic acids is 1. The first-order valence-corrected chi connectivity index (χ1v) is 12.5. The molecule has 3 aromatic carbocycles. The third-order valence-electron chi connectivity index (χ3n) is 6.35. The van der Waals surface area contributed by atoms with E-state index in [-0.39, 0.29) is 29.3 Å². The highest BCUT2D eigenvalue weighted by atomic mass is 19.4. The van der Waals surface area contributed by atoms with Crippen molar-refractivity contribution in [1.29, 1.82) is 0 Å². The van der Waals surface area contributed by atoms with Crippen molar-refractivity contribution in [2.45, 2.75) is 19.6 Å². The van der Waals surface area contributed by atoms with Crippen LogP contribution in [-0.4, -0.2) is 31.5 Å². The van der Waals surface area contributed by atoms with Crippen LogP contribution in [0.3, 0.4) is 0 Å². The summed E-state index contributed by atoms with van der Waals surface area (Å²) in [4.78, 5) is 45.5. The number of halogens is 3. The molecule has 0 aliphatic rings. The molecule has 9 nitrogen and oxygen atoms in total. The van der Waals surface area contributed by atoms with E-state index in [0.29, 0.717) is 28.1 Å². The van der Waals surface area contributed by atoms with Gasteiger partial charge in [-0.3, -0.25) is 14.2 Å². The fourth-order valence-corrected chi connectivity index (χ4v) is 4.16. The van der Waals surface area contributed by atoms with Crippen LogP contribution in [0.25, 0.3) is 16.7 Å². The Kier molecular flexibility index (Phi) is 7.45. The lowest BCUT2D eigenvalue weighted by Crippen LogP contribution is -2.23. The van der Waals surface area contributed by atoms with Gasteiger partial charge in [0.2, 0.25) is 0 Å². The van der Waals surface area contributed by atoms with E-state index in [1.54, 1.807) is 25.1 Å². The monoisotopic (exact) mass is 574 g/mol. The zero-order valence-corrected chi connectivity index (χ0v) is 21.8. The van der Waals surface area contributed by atoms with E-state index in [9.17, 15) is 27.6 Å². The van der Waals surface area contributed by atoms with Crippen molar-refractivity contribution in [3.8, 4) is 17.4 Å². The largest absolute Gasteiger partial charge is 0.478 e. The number of nitrogens with one attached hydrogen (secondary N) is 1. The molecule has 42 heavy (non-hydrogen) atoms. The smallest absolute Gasteiger partial charge is 0.416 e. The Morgan fingerprint density at radius 3 is 2.14 bits per heavy atom. The summed E-state index contributed by atoms with van der Waals surface area (Å²) in [5.74, 6) is -1.23. The Morgan fingerprint density at radius 2 is 1.52 bits per heavy atom. The van der Waals surface area contributed by atoms with Gasteiger partial charge in [-0.2, -0.15) is 23.1 Å². The number of aryl methyl sites for hydroxylation is 1. The number of pyridine rings is 1. The first kappa shape index (κ1) is 28.0. The van der Waals surface area contributed by atoms with Crippen molar-refractivity contribution < 1.29 is 32.6 Å². The Balaban J connectivity index is 1.37. The lowest BCUT2D eigenvalue weighted by molar-refractivity contribution is -0.137. The van der Waals surface area contributed by atoms with Crippen molar-refractivity contribution in [2.75, 3.05) is 0 Å². The van der Waals surface area contributed by atoms with Crippen molar-refractivity contribution in [2.24, 2.45) is 0 Å². The van der Waals surface area contributed by atoms with E-state index < -0.39 is 29.2 Å². The Hall–Kier alpha value is -5.52. The van der Waals surface area contributed by atoms with Crippen LogP contribution in [0, 0.1) is 6.92 Å². The van der Waals surface area contributed by atoms with Gasteiger partial charge in [-0.25, -0.2) is 4.79 Å². The van der Waals surface area contributed by atoms with Crippen LogP contribution >= 0.6 is 0 Å². The predicted octanol–water partition coefficient (Wildman–Crippen LogP) is 5.53. The number of ether oxygens (including phenoxy) is 1. The van der Waals surface area contributed by atoms with Gasteiger partial charge in [0, 0.05) is 23.6 Å². The van der Waals surface area contributed by atoms with Crippen LogP contribution in [0.15, 0.2) is 89.7 Å². The fraction of sp³-hybridized carbons (Fsp3) is 0.100. The number of hydrogen-bond acceptors (Lipinski definition) is 6. The van der Waals surface area contributed by atoms with E-state index >= 15 is 0 Å². The molecule has 0 atom stereocenters. The number of alkyl halides is 3. The minimum atomic E-state index is -4.44. The summed E-state index contributed by atoms with van der Waals surface area (Å²) in [5.41, 5.74) is 0.905. The Morgan fingerprint density at radius 1 is 0.881 bits per heavy atom. The number of fused-ring (bicyclic) bond motifs is 1. The molecule has 12 heteroatoms. The molecule has 0 bridgehead atoms. The molecule has 1 amide bonds. The summed E-state index contributed by atoms with van der Waals surface area (Å²) < 4.78 is 45.4. The van der Waals surface area contributed by atoms with Crippen LogP contribution in [0.4, 0.5) is 13.2 Å². The second-order valence-corrected chi connectivity index (χ2v) is 9.19. The molecule has 2 aromatic heterocycles.